The van der Waals surface area contributed by atoms with Gasteiger partial charge in [0.25, 0.3) is 0 Å². The maximum Gasteiger partial charge on any atom is 0.143 e. The second-order valence-electron chi connectivity index (χ2n) is 3.31. The van der Waals surface area contributed by atoms with Crippen LogP contribution in [-0.2, 0) is 9.59 Å². The van der Waals surface area contributed by atoms with E-state index in [1.807, 2.05) is 20.1 Å². The number of Topliss-reactive ketones (excluding diaryl/α,β-unsaturated/α-hetero) is 2. The van der Waals surface area contributed by atoms with Crippen molar-refractivity contribution in [1.29, 1.82) is 0 Å². The van der Waals surface area contributed by atoms with Crippen molar-refractivity contribution >= 4 is 23.3 Å². The Balaban J connectivity index is 4.09. The van der Waals surface area contributed by atoms with Gasteiger partial charge in [-0.05, 0) is 19.6 Å². The predicted molar refractivity (Wildman–Crippen MR) is 57.1 cm³/mol. The number of ketones is 2. The fourth-order valence-corrected chi connectivity index (χ4v) is 1.67. The van der Waals surface area contributed by atoms with Crippen molar-refractivity contribution in [3.8, 4) is 0 Å². The Labute approximate surface area is 84.5 Å². The maximum atomic E-state index is 11.5. The molecule has 0 spiro atoms. The second-order valence-corrected chi connectivity index (χ2v) is 4.36. The van der Waals surface area contributed by atoms with Gasteiger partial charge in [0.05, 0.1) is 5.25 Å². The number of carbonyl (C=O) groups excluding carboxylic acids is 2. The van der Waals surface area contributed by atoms with Crippen LogP contribution in [-0.4, -0.2) is 23.1 Å². The number of thioether (sulfide) groups is 1. The molecule has 0 saturated carbocycles. The van der Waals surface area contributed by atoms with Gasteiger partial charge < -0.3 is 0 Å². The van der Waals surface area contributed by atoms with Crippen LogP contribution in [0.2, 0.25) is 0 Å². The molecular formula is C10H18O2S. The van der Waals surface area contributed by atoms with E-state index in [1.54, 1.807) is 6.92 Å². The molecule has 2 unspecified atom stereocenters. The van der Waals surface area contributed by atoms with Crippen molar-refractivity contribution in [2.24, 2.45) is 5.92 Å². The highest BCUT2D eigenvalue weighted by Crippen LogP contribution is 2.16. The van der Waals surface area contributed by atoms with Gasteiger partial charge in [0, 0.05) is 12.3 Å². The lowest BCUT2D eigenvalue weighted by atomic mass is 9.99. The first-order valence-corrected chi connectivity index (χ1v) is 5.87. The molecule has 0 aliphatic rings. The van der Waals surface area contributed by atoms with Crippen LogP contribution in [0.15, 0.2) is 0 Å². The summed E-state index contributed by atoms with van der Waals surface area (Å²) in [5.74, 6) is 0.398. The van der Waals surface area contributed by atoms with Gasteiger partial charge in [-0.1, -0.05) is 13.8 Å². The van der Waals surface area contributed by atoms with E-state index in [9.17, 15) is 9.59 Å². The van der Waals surface area contributed by atoms with Crippen LogP contribution in [0.1, 0.15) is 33.6 Å². The molecule has 0 aliphatic heterocycles. The number of hydrogen-bond donors (Lipinski definition) is 0. The zero-order chi connectivity index (χ0) is 10.4. The second kappa shape index (κ2) is 6.19. The van der Waals surface area contributed by atoms with E-state index >= 15 is 0 Å². The highest BCUT2D eigenvalue weighted by Gasteiger charge is 2.19. The molecule has 13 heavy (non-hydrogen) atoms. The lowest BCUT2D eigenvalue weighted by molar-refractivity contribution is -0.125. The van der Waals surface area contributed by atoms with Crippen molar-refractivity contribution in [1.82, 2.24) is 0 Å². The van der Waals surface area contributed by atoms with Crippen LogP contribution in [0.5, 0.6) is 0 Å². The van der Waals surface area contributed by atoms with Crippen LogP contribution in [0.25, 0.3) is 0 Å². The molecular weight excluding hydrogens is 184 g/mol. The Bertz CT molecular complexity index is 189. The largest absolute Gasteiger partial charge is 0.299 e. The summed E-state index contributed by atoms with van der Waals surface area (Å²) < 4.78 is 0. The lowest BCUT2D eigenvalue weighted by Gasteiger charge is -2.12. The molecule has 0 fully saturated rings. The fourth-order valence-electron chi connectivity index (χ4n) is 1.00. The topological polar surface area (TPSA) is 34.1 Å². The zero-order valence-corrected chi connectivity index (χ0v) is 9.61. The predicted octanol–water partition coefficient (Wildman–Crippen LogP) is 2.31. The van der Waals surface area contributed by atoms with Crippen molar-refractivity contribution in [3.63, 3.8) is 0 Å². The van der Waals surface area contributed by atoms with Gasteiger partial charge in [-0.3, -0.25) is 9.59 Å². The molecule has 0 aromatic rings. The Morgan fingerprint density at radius 3 is 2.23 bits per heavy atom. The van der Waals surface area contributed by atoms with E-state index in [2.05, 4.69) is 0 Å². The molecule has 76 valence electrons. The van der Waals surface area contributed by atoms with E-state index in [-0.39, 0.29) is 22.7 Å². The molecule has 3 heteroatoms. The van der Waals surface area contributed by atoms with Crippen molar-refractivity contribution in [3.05, 3.63) is 0 Å². The molecule has 0 rings (SSSR count). The highest BCUT2D eigenvalue weighted by molar-refractivity contribution is 7.99. The van der Waals surface area contributed by atoms with Crippen molar-refractivity contribution in [2.45, 2.75) is 38.9 Å². The molecule has 0 aromatic heterocycles. The van der Waals surface area contributed by atoms with Gasteiger partial charge in [-0.15, -0.1) is 0 Å². The van der Waals surface area contributed by atoms with E-state index < -0.39 is 0 Å². The summed E-state index contributed by atoms with van der Waals surface area (Å²) in [5.41, 5.74) is 0. The minimum absolute atomic E-state index is 0.0917. The van der Waals surface area contributed by atoms with Gasteiger partial charge in [0.15, 0.2) is 0 Å². The third-order valence-electron chi connectivity index (χ3n) is 2.29. The third-order valence-corrected chi connectivity index (χ3v) is 3.35. The highest BCUT2D eigenvalue weighted by atomic mass is 32.2. The molecule has 2 nitrogen and oxygen atoms in total. The summed E-state index contributed by atoms with van der Waals surface area (Å²) in [5, 5.41) is -0.138. The summed E-state index contributed by atoms with van der Waals surface area (Å²) in [6.07, 6.45) is 3.12. The summed E-state index contributed by atoms with van der Waals surface area (Å²) in [6.45, 7) is 5.45. The van der Waals surface area contributed by atoms with Gasteiger partial charge in [0.2, 0.25) is 0 Å². The maximum absolute atomic E-state index is 11.5. The van der Waals surface area contributed by atoms with E-state index in [0.717, 1.165) is 6.42 Å². The van der Waals surface area contributed by atoms with E-state index in [1.165, 1.54) is 11.8 Å². The minimum Gasteiger partial charge on any atom is -0.299 e. The molecule has 0 aliphatic carbocycles. The van der Waals surface area contributed by atoms with Gasteiger partial charge in [-0.25, -0.2) is 0 Å². The Kier molecular flexibility index (Phi) is 6.04. The Hall–Kier alpha value is -0.310. The summed E-state index contributed by atoms with van der Waals surface area (Å²) in [4.78, 5) is 22.5. The van der Waals surface area contributed by atoms with E-state index in [4.69, 9.17) is 0 Å². The average Bonchev–Trinajstić information content (AvgIpc) is 2.11. The first-order valence-electron chi connectivity index (χ1n) is 4.58. The SMILES string of the molecule is CCC(C)C(=O)CC(SC)C(C)=O. The quantitative estimate of drug-likeness (QED) is 0.663. The molecule has 0 bridgehead atoms. The van der Waals surface area contributed by atoms with Crippen LogP contribution in [0, 0.1) is 5.92 Å². The lowest BCUT2D eigenvalue weighted by Crippen LogP contribution is -2.21. The first kappa shape index (κ1) is 12.7. The summed E-state index contributed by atoms with van der Waals surface area (Å²) in [6, 6.07) is 0. The third kappa shape index (κ3) is 4.46. The van der Waals surface area contributed by atoms with Crippen LogP contribution >= 0.6 is 11.8 Å². The van der Waals surface area contributed by atoms with Crippen LogP contribution in [0.3, 0.4) is 0 Å². The number of carbonyl (C=O) groups is 2. The van der Waals surface area contributed by atoms with E-state index in [0.29, 0.717) is 6.42 Å². The Morgan fingerprint density at radius 2 is 1.92 bits per heavy atom. The monoisotopic (exact) mass is 202 g/mol. The summed E-state index contributed by atoms with van der Waals surface area (Å²) >= 11 is 1.46. The minimum atomic E-state index is -0.138. The first-order chi connectivity index (χ1) is 6.02. The zero-order valence-electron chi connectivity index (χ0n) is 8.79. The number of rotatable bonds is 6. The molecule has 0 radical (unpaired) electrons. The number of hydrogen-bond acceptors (Lipinski definition) is 3. The van der Waals surface area contributed by atoms with Crippen LogP contribution in [0.4, 0.5) is 0 Å². The van der Waals surface area contributed by atoms with Crippen LogP contribution < -0.4 is 0 Å². The average molecular weight is 202 g/mol. The molecule has 0 N–H and O–H groups in total. The van der Waals surface area contributed by atoms with Gasteiger partial charge in [0.1, 0.15) is 11.6 Å². The van der Waals surface area contributed by atoms with Gasteiger partial charge in [-0.2, -0.15) is 11.8 Å². The molecule has 0 amide bonds. The fraction of sp³-hybridized carbons (Fsp3) is 0.800. The standard InChI is InChI=1S/C10H18O2S/c1-5-7(2)9(12)6-10(13-4)8(3)11/h7,10H,5-6H2,1-4H3. The summed E-state index contributed by atoms with van der Waals surface area (Å²) in [7, 11) is 0. The normalized spacial score (nSPS) is 15.1. The molecule has 0 heterocycles. The molecule has 0 aromatic carbocycles. The van der Waals surface area contributed by atoms with Crippen molar-refractivity contribution in [2.75, 3.05) is 6.26 Å². The molecule has 0 saturated heterocycles. The van der Waals surface area contributed by atoms with Gasteiger partial charge >= 0.3 is 0 Å². The smallest absolute Gasteiger partial charge is 0.143 e. The Morgan fingerprint density at radius 1 is 1.38 bits per heavy atom. The van der Waals surface area contributed by atoms with Crippen molar-refractivity contribution < 1.29 is 9.59 Å². The molecule has 2 atom stereocenters.